The Balaban J connectivity index is 2.65. The predicted molar refractivity (Wildman–Crippen MR) is 78.7 cm³/mol. The van der Waals surface area contributed by atoms with E-state index in [0.29, 0.717) is 19.5 Å². The van der Waals surface area contributed by atoms with Gasteiger partial charge in [0, 0.05) is 25.7 Å². The molecule has 20 heavy (non-hydrogen) atoms. The van der Waals surface area contributed by atoms with Crippen LogP contribution in [0.1, 0.15) is 53.4 Å². The molecular weight excluding hydrogens is 256 g/mol. The molecule has 0 spiro atoms. The van der Waals surface area contributed by atoms with Gasteiger partial charge in [0.25, 0.3) is 0 Å². The van der Waals surface area contributed by atoms with Crippen LogP contribution in [0, 0.1) is 5.41 Å². The molecule has 0 bridgehead atoms. The number of likely N-dealkylation sites (tertiary alicyclic amines) is 1. The van der Waals surface area contributed by atoms with Crippen LogP contribution in [0.3, 0.4) is 0 Å². The maximum atomic E-state index is 12.6. The van der Waals surface area contributed by atoms with Crippen LogP contribution >= 0.6 is 0 Å². The second-order valence-corrected chi connectivity index (χ2v) is 6.31. The number of rotatable bonds is 6. The highest BCUT2D eigenvalue weighted by Crippen LogP contribution is 2.31. The van der Waals surface area contributed by atoms with Crippen LogP contribution in [0.15, 0.2) is 0 Å². The van der Waals surface area contributed by atoms with Gasteiger partial charge >= 0.3 is 12.0 Å². The van der Waals surface area contributed by atoms with E-state index in [1.165, 1.54) is 0 Å². The number of unbranched alkanes of at least 4 members (excludes halogenated alkanes) is 2. The van der Waals surface area contributed by atoms with Gasteiger partial charge < -0.3 is 14.9 Å². The molecular formula is C15H28N2O3. The molecule has 0 aliphatic carbocycles. The van der Waals surface area contributed by atoms with Crippen LogP contribution in [0.4, 0.5) is 4.79 Å². The number of carboxylic acid groups (broad SMARTS) is 1. The number of carbonyl (C=O) groups excluding carboxylic acids is 1. The van der Waals surface area contributed by atoms with Crippen LogP contribution < -0.4 is 0 Å². The van der Waals surface area contributed by atoms with Crippen molar-refractivity contribution in [1.29, 1.82) is 0 Å². The lowest BCUT2D eigenvalue weighted by Crippen LogP contribution is -2.47. The van der Waals surface area contributed by atoms with Gasteiger partial charge in [-0.25, -0.2) is 4.79 Å². The van der Waals surface area contributed by atoms with Gasteiger partial charge in [-0.1, -0.05) is 19.8 Å². The largest absolute Gasteiger partial charge is 0.481 e. The second kappa shape index (κ2) is 6.95. The summed E-state index contributed by atoms with van der Waals surface area (Å²) in [7, 11) is 0. The number of aliphatic carboxylic acids is 1. The quantitative estimate of drug-likeness (QED) is 0.763. The Morgan fingerprint density at radius 2 is 2.00 bits per heavy atom. The summed E-state index contributed by atoms with van der Waals surface area (Å²) >= 11 is 0. The van der Waals surface area contributed by atoms with Crippen LogP contribution in [0.2, 0.25) is 0 Å². The summed E-state index contributed by atoms with van der Waals surface area (Å²) in [6.45, 7) is 9.49. The average molecular weight is 284 g/mol. The van der Waals surface area contributed by atoms with Gasteiger partial charge in [0.15, 0.2) is 0 Å². The lowest BCUT2D eigenvalue weighted by atomic mass is 9.90. The molecule has 1 N–H and O–H groups in total. The van der Waals surface area contributed by atoms with Crippen molar-refractivity contribution >= 4 is 12.0 Å². The van der Waals surface area contributed by atoms with E-state index in [-0.39, 0.29) is 12.1 Å². The minimum absolute atomic E-state index is 0.0129. The van der Waals surface area contributed by atoms with Gasteiger partial charge in [-0.2, -0.15) is 0 Å². The van der Waals surface area contributed by atoms with Gasteiger partial charge in [-0.3, -0.25) is 4.79 Å². The summed E-state index contributed by atoms with van der Waals surface area (Å²) < 4.78 is 0. The predicted octanol–water partition coefficient (Wildman–Crippen LogP) is 2.80. The zero-order valence-corrected chi connectivity index (χ0v) is 13.2. The van der Waals surface area contributed by atoms with Crippen molar-refractivity contribution in [3.8, 4) is 0 Å². The summed E-state index contributed by atoms with van der Waals surface area (Å²) in [4.78, 5) is 27.4. The Kier molecular flexibility index (Phi) is 5.84. The molecule has 0 aromatic heterocycles. The van der Waals surface area contributed by atoms with Crippen LogP contribution in [-0.4, -0.2) is 52.6 Å². The third kappa shape index (κ3) is 3.87. The molecule has 1 atom stereocenters. The molecule has 0 aromatic rings. The van der Waals surface area contributed by atoms with E-state index in [1.54, 1.807) is 11.8 Å². The topological polar surface area (TPSA) is 60.9 Å². The van der Waals surface area contributed by atoms with Crippen LogP contribution in [-0.2, 0) is 4.79 Å². The zero-order valence-electron chi connectivity index (χ0n) is 13.2. The zero-order chi connectivity index (χ0) is 15.3. The molecule has 1 unspecified atom stereocenters. The van der Waals surface area contributed by atoms with Crippen LogP contribution in [0.5, 0.6) is 0 Å². The lowest BCUT2D eigenvalue weighted by molar-refractivity contribution is -0.147. The minimum atomic E-state index is -0.810. The van der Waals surface area contributed by atoms with Gasteiger partial charge in [-0.05, 0) is 33.6 Å². The van der Waals surface area contributed by atoms with E-state index in [0.717, 1.165) is 25.8 Å². The minimum Gasteiger partial charge on any atom is -0.481 e. The van der Waals surface area contributed by atoms with E-state index in [9.17, 15) is 14.7 Å². The number of urea groups is 1. The van der Waals surface area contributed by atoms with E-state index in [4.69, 9.17) is 0 Å². The molecule has 1 rings (SSSR count). The summed E-state index contributed by atoms with van der Waals surface area (Å²) in [5.41, 5.74) is -0.790. The second-order valence-electron chi connectivity index (χ2n) is 6.31. The number of carboxylic acids is 1. The van der Waals surface area contributed by atoms with Gasteiger partial charge in [0.2, 0.25) is 0 Å². The summed E-state index contributed by atoms with van der Waals surface area (Å²) in [6, 6.07) is 0.136. The number of hydrogen-bond acceptors (Lipinski definition) is 2. The van der Waals surface area contributed by atoms with Gasteiger partial charge in [0.05, 0.1) is 5.41 Å². The highest BCUT2D eigenvalue weighted by atomic mass is 16.4. The fourth-order valence-corrected chi connectivity index (χ4v) is 2.59. The third-order valence-electron chi connectivity index (χ3n) is 4.13. The Bertz CT molecular complexity index is 357. The Morgan fingerprint density at radius 3 is 2.45 bits per heavy atom. The van der Waals surface area contributed by atoms with Crippen molar-refractivity contribution in [1.82, 2.24) is 9.80 Å². The molecule has 0 radical (unpaired) electrons. The molecule has 0 saturated carbocycles. The monoisotopic (exact) mass is 284 g/mol. The summed E-state index contributed by atoms with van der Waals surface area (Å²) in [5.74, 6) is -0.810. The van der Waals surface area contributed by atoms with Crippen molar-refractivity contribution in [2.24, 2.45) is 5.41 Å². The highest BCUT2D eigenvalue weighted by molar-refractivity contribution is 5.79. The Morgan fingerprint density at radius 1 is 1.35 bits per heavy atom. The first-order valence-corrected chi connectivity index (χ1v) is 7.60. The number of nitrogens with zero attached hydrogens (tertiary/aromatic N) is 2. The van der Waals surface area contributed by atoms with E-state index in [1.807, 2.05) is 18.7 Å². The van der Waals surface area contributed by atoms with Crippen molar-refractivity contribution in [2.45, 2.75) is 59.4 Å². The normalized spacial score (nSPS) is 22.4. The smallest absolute Gasteiger partial charge is 0.320 e. The molecule has 5 heteroatoms. The first kappa shape index (κ1) is 16.8. The number of amides is 2. The van der Waals surface area contributed by atoms with E-state index >= 15 is 0 Å². The Hall–Kier alpha value is -1.26. The fourth-order valence-electron chi connectivity index (χ4n) is 2.59. The molecule has 5 nitrogen and oxygen atoms in total. The standard InChI is InChI=1S/C15H28N2O3/c1-5-6-7-9-17(12(2)3)14(20)16-10-8-15(4,11-16)13(18)19/h12H,5-11H2,1-4H3,(H,18,19). The maximum absolute atomic E-state index is 12.6. The first-order valence-electron chi connectivity index (χ1n) is 7.60. The van der Waals surface area contributed by atoms with Crippen LogP contribution in [0.25, 0.3) is 0 Å². The summed E-state index contributed by atoms with van der Waals surface area (Å²) in [5, 5.41) is 9.24. The Labute approximate surface area is 121 Å². The van der Waals surface area contributed by atoms with E-state index in [2.05, 4.69) is 6.92 Å². The first-order chi connectivity index (χ1) is 9.31. The van der Waals surface area contributed by atoms with Crippen molar-refractivity contribution < 1.29 is 14.7 Å². The van der Waals surface area contributed by atoms with Crippen molar-refractivity contribution in [2.75, 3.05) is 19.6 Å². The van der Waals surface area contributed by atoms with Gasteiger partial charge in [-0.15, -0.1) is 0 Å². The SMILES string of the molecule is CCCCCN(C(=O)N1CCC(C)(C(=O)O)C1)C(C)C. The van der Waals surface area contributed by atoms with Gasteiger partial charge in [0.1, 0.15) is 0 Å². The lowest BCUT2D eigenvalue weighted by Gasteiger charge is -2.32. The number of carbonyl (C=O) groups is 2. The summed E-state index contributed by atoms with van der Waals surface area (Å²) in [6.07, 6.45) is 3.78. The molecule has 1 saturated heterocycles. The maximum Gasteiger partial charge on any atom is 0.320 e. The molecule has 2 amide bonds. The van der Waals surface area contributed by atoms with E-state index < -0.39 is 11.4 Å². The fraction of sp³-hybridized carbons (Fsp3) is 0.867. The molecule has 1 fully saturated rings. The van der Waals surface area contributed by atoms with Crippen molar-refractivity contribution in [3.63, 3.8) is 0 Å². The average Bonchev–Trinajstić information content (AvgIpc) is 2.78. The third-order valence-corrected chi connectivity index (χ3v) is 4.13. The molecule has 1 aliphatic rings. The number of hydrogen-bond donors (Lipinski definition) is 1. The highest BCUT2D eigenvalue weighted by Gasteiger charge is 2.43. The van der Waals surface area contributed by atoms with Crippen molar-refractivity contribution in [3.05, 3.63) is 0 Å². The molecule has 1 heterocycles. The molecule has 116 valence electrons. The molecule has 0 aromatic carbocycles. The molecule has 1 aliphatic heterocycles.